The summed E-state index contributed by atoms with van der Waals surface area (Å²) in [5.74, 6) is -1.08. The van der Waals surface area contributed by atoms with Gasteiger partial charge in [-0.25, -0.2) is 13.6 Å². The van der Waals surface area contributed by atoms with Crippen LogP contribution in [-0.2, 0) is 4.74 Å². The van der Waals surface area contributed by atoms with E-state index >= 15 is 0 Å². The van der Waals surface area contributed by atoms with Gasteiger partial charge in [0.2, 0.25) is 0 Å². The normalized spacial score (nSPS) is 10.4. The number of ether oxygens (including phenoxy) is 1. The van der Waals surface area contributed by atoms with E-state index < -0.39 is 34.1 Å². The van der Waals surface area contributed by atoms with Crippen molar-refractivity contribution in [1.82, 2.24) is 4.98 Å². The summed E-state index contributed by atoms with van der Waals surface area (Å²) >= 11 is 0. The second-order valence-electron chi connectivity index (χ2n) is 3.07. The van der Waals surface area contributed by atoms with Gasteiger partial charge in [0, 0.05) is 6.20 Å². The Balaban J connectivity index is 3.59. The van der Waals surface area contributed by atoms with Crippen LogP contribution in [0.5, 0.6) is 0 Å². The highest BCUT2D eigenvalue weighted by Crippen LogP contribution is 2.33. The van der Waals surface area contributed by atoms with Crippen molar-refractivity contribution in [1.29, 1.82) is 0 Å². The number of aromatic nitrogens is 1. The molecule has 0 fully saturated rings. The molecule has 0 N–H and O–H groups in total. The van der Waals surface area contributed by atoms with E-state index in [0.29, 0.717) is 0 Å². The number of esters is 1. The highest BCUT2D eigenvalue weighted by Gasteiger charge is 2.32. The number of hydrogen-bond acceptors (Lipinski definition) is 5. The van der Waals surface area contributed by atoms with Gasteiger partial charge in [0.15, 0.2) is 5.56 Å². The fourth-order valence-electron chi connectivity index (χ4n) is 1.33. The first-order valence-electron chi connectivity index (χ1n) is 4.40. The molecule has 0 aromatic carbocycles. The van der Waals surface area contributed by atoms with E-state index in [0.717, 1.165) is 13.3 Å². The van der Waals surface area contributed by atoms with Crippen molar-refractivity contribution in [2.24, 2.45) is 0 Å². The average Bonchev–Trinajstić information content (AvgIpc) is 2.26. The summed E-state index contributed by atoms with van der Waals surface area (Å²) in [6, 6.07) is 0. The predicted octanol–water partition coefficient (Wildman–Crippen LogP) is 2.02. The van der Waals surface area contributed by atoms with Gasteiger partial charge in [0.25, 0.3) is 12.1 Å². The molecular weight excluding hydrogens is 238 g/mol. The van der Waals surface area contributed by atoms with Crippen LogP contribution in [0, 0.1) is 17.0 Å². The molecule has 1 aromatic heterocycles. The van der Waals surface area contributed by atoms with Crippen LogP contribution < -0.4 is 0 Å². The number of pyridine rings is 1. The molecule has 0 unspecified atom stereocenters. The molecule has 8 heteroatoms. The van der Waals surface area contributed by atoms with E-state index in [-0.39, 0.29) is 5.69 Å². The third-order valence-electron chi connectivity index (χ3n) is 2.09. The van der Waals surface area contributed by atoms with Gasteiger partial charge in [-0.3, -0.25) is 15.1 Å². The first kappa shape index (κ1) is 12.9. The number of alkyl halides is 2. The highest BCUT2D eigenvalue weighted by molar-refractivity contribution is 5.94. The summed E-state index contributed by atoms with van der Waals surface area (Å²) in [5, 5.41) is 10.8. The number of hydrogen-bond donors (Lipinski definition) is 0. The molecule has 0 aliphatic rings. The van der Waals surface area contributed by atoms with Crippen LogP contribution in [0.3, 0.4) is 0 Å². The Kier molecular flexibility index (Phi) is 3.66. The zero-order chi connectivity index (χ0) is 13.2. The van der Waals surface area contributed by atoms with Crippen LogP contribution in [0.15, 0.2) is 6.20 Å². The Morgan fingerprint density at radius 1 is 1.59 bits per heavy atom. The van der Waals surface area contributed by atoms with Crippen molar-refractivity contribution in [2.75, 3.05) is 7.11 Å². The van der Waals surface area contributed by atoms with Gasteiger partial charge in [-0.05, 0) is 6.92 Å². The molecule has 17 heavy (non-hydrogen) atoms. The molecule has 92 valence electrons. The SMILES string of the molecule is COC(=O)c1cnc(C)c(C(F)F)c1[N+](=O)[O-]. The number of halogens is 2. The van der Waals surface area contributed by atoms with Crippen molar-refractivity contribution in [3.05, 3.63) is 33.1 Å². The second-order valence-corrected chi connectivity index (χ2v) is 3.07. The van der Waals surface area contributed by atoms with Crippen LogP contribution in [0.4, 0.5) is 14.5 Å². The van der Waals surface area contributed by atoms with Gasteiger partial charge in [0.1, 0.15) is 5.56 Å². The van der Waals surface area contributed by atoms with Crippen molar-refractivity contribution in [2.45, 2.75) is 13.3 Å². The smallest absolute Gasteiger partial charge is 0.346 e. The first-order chi connectivity index (χ1) is 7.90. The Morgan fingerprint density at radius 2 is 2.18 bits per heavy atom. The van der Waals surface area contributed by atoms with E-state index in [1.54, 1.807) is 0 Å². The summed E-state index contributed by atoms with van der Waals surface area (Å²) < 4.78 is 29.7. The number of nitrogens with zero attached hydrogens (tertiary/aromatic N) is 2. The zero-order valence-electron chi connectivity index (χ0n) is 8.94. The van der Waals surface area contributed by atoms with E-state index in [4.69, 9.17) is 0 Å². The molecule has 1 rings (SSSR count). The van der Waals surface area contributed by atoms with Crippen LogP contribution in [0.1, 0.15) is 28.0 Å². The largest absolute Gasteiger partial charge is 0.465 e. The molecule has 0 spiro atoms. The zero-order valence-corrected chi connectivity index (χ0v) is 8.94. The first-order valence-corrected chi connectivity index (χ1v) is 4.40. The van der Waals surface area contributed by atoms with Crippen molar-refractivity contribution < 1.29 is 23.2 Å². The lowest BCUT2D eigenvalue weighted by atomic mass is 10.1. The third-order valence-corrected chi connectivity index (χ3v) is 2.09. The number of carbonyl (C=O) groups is 1. The maximum atomic E-state index is 12.7. The van der Waals surface area contributed by atoms with Crippen LogP contribution in [-0.4, -0.2) is 23.0 Å². The average molecular weight is 246 g/mol. The Morgan fingerprint density at radius 3 is 2.59 bits per heavy atom. The molecule has 6 nitrogen and oxygen atoms in total. The Labute approximate surface area is 94.4 Å². The number of nitro groups is 1. The molecule has 0 amide bonds. The molecule has 0 aliphatic carbocycles. The molecule has 0 saturated heterocycles. The number of rotatable bonds is 3. The highest BCUT2D eigenvalue weighted by atomic mass is 19.3. The summed E-state index contributed by atoms with van der Waals surface area (Å²) in [5.41, 5.74) is -2.60. The van der Waals surface area contributed by atoms with Crippen LogP contribution in [0.2, 0.25) is 0 Å². The topological polar surface area (TPSA) is 82.3 Å². The second kappa shape index (κ2) is 4.81. The van der Waals surface area contributed by atoms with E-state index in [1.807, 2.05) is 0 Å². The minimum absolute atomic E-state index is 0.195. The molecule has 1 heterocycles. The lowest BCUT2D eigenvalue weighted by molar-refractivity contribution is -0.386. The van der Waals surface area contributed by atoms with Gasteiger partial charge in [-0.1, -0.05) is 0 Å². The van der Waals surface area contributed by atoms with E-state index in [1.165, 1.54) is 6.92 Å². The standard InChI is InChI=1S/C9H8F2N2O4/c1-4-6(8(10)11)7(13(15)16)5(3-12-4)9(14)17-2/h3,8H,1-2H3. The monoisotopic (exact) mass is 246 g/mol. The lowest BCUT2D eigenvalue weighted by Crippen LogP contribution is -2.11. The molecular formula is C9H8F2N2O4. The summed E-state index contributed by atoms with van der Waals surface area (Å²) in [6.45, 7) is 1.20. The maximum Gasteiger partial charge on any atom is 0.346 e. The van der Waals surface area contributed by atoms with Crippen LogP contribution in [0.25, 0.3) is 0 Å². The van der Waals surface area contributed by atoms with E-state index in [2.05, 4.69) is 9.72 Å². The minimum atomic E-state index is -3.09. The Hall–Kier alpha value is -2.12. The van der Waals surface area contributed by atoms with E-state index in [9.17, 15) is 23.7 Å². The lowest BCUT2D eigenvalue weighted by Gasteiger charge is -2.08. The molecule has 0 atom stereocenters. The quantitative estimate of drug-likeness (QED) is 0.463. The fraction of sp³-hybridized carbons (Fsp3) is 0.333. The summed E-state index contributed by atoms with van der Waals surface area (Å²) in [4.78, 5) is 24.5. The molecule has 0 saturated carbocycles. The molecule has 1 aromatic rings. The molecule has 0 radical (unpaired) electrons. The number of methoxy groups -OCH3 is 1. The van der Waals surface area contributed by atoms with Gasteiger partial charge < -0.3 is 4.74 Å². The minimum Gasteiger partial charge on any atom is -0.465 e. The van der Waals surface area contributed by atoms with Crippen molar-refractivity contribution in [3.8, 4) is 0 Å². The van der Waals surface area contributed by atoms with Crippen molar-refractivity contribution in [3.63, 3.8) is 0 Å². The Bertz CT molecular complexity index is 476. The van der Waals surface area contributed by atoms with Gasteiger partial charge in [0.05, 0.1) is 17.7 Å². The number of carbonyl (C=O) groups excluding carboxylic acids is 1. The molecule has 0 bridgehead atoms. The number of aryl methyl sites for hydroxylation is 1. The van der Waals surface area contributed by atoms with Gasteiger partial charge in [-0.15, -0.1) is 0 Å². The van der Waals surface area contributed by atoms with Gasteiger partial charge >= 0.3 is 5.97 Å². The summed E-state index contributed by atoms with van der Waals surface area (Å²) in [6.07, 6.45) is -2.24. The predicted molar refractivity (Wildman–Crippen MR) is 51.9 cm³/mol. The maximum absolute atomic E-state index is 12.7. The van der Waals surface area contributed by atoms with Crippen LogP contribution >= 0.6 is 0 Å². The van der Waals surface area contributed by atoms with Gasteiger partial charge in [-0.2, -0.15) is 0 Å². The molecule has 0 aliphatic heterocycles. The fourth-order valence-corrected chi connectivity index (χ4v) is 1.33. The van der Waals surface area contributed by atoms with Crippen molar-refractivity contribution >= 4 is 11.7 Å². The summed E-state index contributed by atoms with van der Waals surface area (Å²) in [7, 11) is 0.994. The third kappa shape index (κ3) is 2.35.